The molecule has 4 nitrogen and oxygen atoms in total. The van der Waals surface area contributed by atoms with Crippen LogP contribution in [0.2, 0.25) is 25.7 Å². The van der Waals surface area contributed by atoms with Crippen LogP contribution in [0.15, 0.2) is 18.2 Å². The van der Waals surface area contributed by atoms with Crippen molar-refractivity contribution >= 4 is 14.0 Å². The van der Waals surface area contributed by atoms with Crippen LogP contribution in [-0.2, 0) is 4.74 Å². The predicted molar refractivity (Wildman–Crippen MR) is 68.2 cm³/mol. The fourth-order valence-corrected chi connectivity index (χ4v) is 1.93. The Labute approximate surface area is 102 Å². The molecule has 0 aliphatic carbocycles. The Hall–Kier alpha value is -1.49. The van der Waals surface area contributed by atoms with E-state index in [1.165, 1.54) is 18.2 Å². The Balaban J connectivity index is 2.61. The third kappa shape index (κ3) is 4.48. The maximum atomic E-state index is 11.6. The van der Waals surface area contributed by atoms with Gasteiger partial charge in [0.15, 0.2) is 0 Å². The van der Waals surface area contributed by atoms with E-state index in [-0.39, 0.29) is 17.1 Å². The average molecular weight is 254 g/mol. The minimum absolute atomic E-state index is 0.000533. The highest BCUT2D eigenvalue weighted by atomic mass is 28.3. The number of phenolic OH excluding ortho intramolecular Hbond substituents is 2. The summed E-state index contributed by atoms with van der Waals surface area (Å²) in [7, 11) is -1.24. The van der Waals surface area contributed by atoms with E-state index in [1.54, 1.807) is 0 Å². The highest BCUT2D eigenvalue weighted by Crippen LogP contribution is 2.23. The van der Waals surface area contributed by atoms with Crippen LogP contribution in [-0.4, -0.2) is 30.9 Å². The van der Waals surface area contributed by atoms with Crippen molar-refractivity contribution in [3.63, 3.8) is 0 Å². The molecule has 0 unspecified atom stereocenters. The quantitative estimate of drug-likeness (QED) is 0.492. The molecule has 0 amide bonds. The second-order valence-corrected chi connectivity index (χ2v) is 10.8. The Morgan fingerprint density at radius 3 is 2.53 bits per heavy atom. The molecule has 1 aromatic carbocycles. The van der Waals surface area contributed by atoms with Crippen LogP contribution in [0.5, 0.6) is 11.5 Å². The fourth-order valence-electron chi connectivity index (χ4n) is 1.22. The number of aromatic hydroxyl groups is 2. The number of esters is 1. The maximum absolute atomic E-state index is 11.6. The van der Waals surface area contributed by atoms with Crippen molar-refractivity contribution in [3.05, 3.63) is 23.8 Å². The van der Waals surface area contributed by atoms with E-state index in [2.05, 4.69) is 19.6 Å². The first-order valence-electron chi connectivity index (χ1n) is 5.49. The van der Waals surface area contributed by atoms with Gasteiger partial charge >= 0.3 is 5.97 Å². The summed E-state index contributed by atoms with van der Waals surface area (Å²) in [6.45, 7) is 6.91. The normalized spacial score (nSPS) is 11.2. The second kappa shape index (κ2) is 5.22. The molecule has 2 N–H and O–H groups in total. The molecule has 17 heavy (non-hydrogen) atoms. The van der Waals surface area contributed by atoms with Gasteiger partial charge in [-0.15, -0.1) is 0 Å². The van der Waals surface area contributed by atoms with Gasteiger partial charge in [0.1, 0.15) is 17.1 Å². The lowest BCUT2D eigenvalue weighted by atomic mass is 10.2. The zero-order valence-electron chi connectivity index (χ0n) is 10.4. The predicted octanol–water partition coefficient (Wildman–Crippen LogP) is 2.59. The first-order chi connectivity index (χ1) is 7.79. The van der Waals surface area contributed by atoms with E-state index in [0.29, 0.717) is 6.61 Å². The summed E-state index contributed by atoms with van der Waals surface area (Å²) in [6.07, 6.45) is 0. The zero-order valence-corrected chi connectivity index (χ0v) is 11.4. The number of phenols is 2. The summed E-state index contributed by atoms with van der Waals surface area (Å²) >= 11 is 0. The van der Waals surface area contributed by atoms with E-state index >= 15 is 0 Å². The van der Waals surface area contributed by atoms with Gasteiger partial charge in [0.25, 0.3) is 0 Å². The van der Waals surface area contributed by atoms with Crippen LogP contribution < -0.4 is 0 Å². The molecule has 0 atom stereocenters. The lowest BCUT2D eigenvalue weighted by Crippen LogP contribution is -2.22. The van der Waals surface area contributed by atoms with Crippen LogP contribution in [0.3, 0.4) is 0 Å². The lowest BCUT2D eigenvalue weighted by Gasteiger charge is -2.15. The Bertz CT molecular complexity index is 409. The number of carbonyl (C=O) groups is 1. The van der Waals surface area contributed by atoms with Crippen molar-refractivity contribution in [1.29, 1.82) is 0 Å². The molecule has 1 aromatic rings. The summed E-state index contributed by atoms with van der Waals surface area (Å²) in [5, 5.41) is 18.7. The monoisotopic (exact) mass is 254 g/mol. The van der Waals surface area contributed by atoms with Gasteiger partial charge in [-0.3, -0.25) is 0 Å². The molecule has 5 heteroatoms. The summed E-state index contributed by atoms with van der Waals surface area (Å²) in [6, 6.07) is 4.66. The maximum Gasteiger partial charge on any atom is 0.342 e. The Kier molecular flexibility index (Phi) is 4.17. The van der Waals surface area contributed by atoms with Crippen molar-refractivity contribution in [2.75, 3.05) is 6.61 Å². The molecule has 1 rings (SSSR count). The van der Waals surface area contributed by atoms with Gasteiger partial charge in [-0.1, -0.05) is 19.6 Å². The minimum atomic E-state index is -1.24. The number of ether oxygens (including phenoxy) is 1. The number of hydrogen-bond acceptors (Lipinski definition) is 4. The summed E-state index contributed by atoms with van der Waals surface area (Å²) in [4.78, 5) is 11.6. The summed E-state index contributed by atoms with van der Waals surface area (Å²) in [5.74, 6) is -0.850. The molecule has 0 bridgehead atoms. The second-order valence-electron chi connectivity index (χ2n) is 5.15. The summed E-state index contributed by atoms with van der Waals surface area (Å²) < 4.78 is 5.06. The lowest BCUT2D eigenvalue weighted by molar-refractivity contribution is 0.0521. The largest absolute Gasteiger partial charge is 0.508 e. The molecule has 0 fully saturated rings. The molecule has 0 saturated carbocycles. The first-order valence-corrected chi connectivity index (χ1v) is 9.19. The zero-order chi connectivity index (χ0) is 13.1. The number of hydrogen-bond donors (Lipinski definition) is 2. The molecule has 0 spiro atoms. The van der Waals surface area contributed by atoms with E-state index in [0.717, 1.165) is 6.04 Å². The molecular weight excluding hydrogens is 236 g/mol. The van der Waals surface area contributed by atoms with Crippen LogP contribution >= 0.6 is 0 Å². The van der Waals surface area contributed by atoms with Crippen molar-refractivity contribution in [2.45, 2.75) is 25.7 Å². The smallest absolute Gasteiger partial charge is 0.342 e. The standard InChI is InChI=1S/C12H18O4Si/c1-17(2,3)7-6-16-12(15)10-8-9(13)4-5-11(10)14/h4-5,8,13-14H,6-7H2,1-3H3. The molecule has 0 saturated heterocycles. The number of rotatable bonds is 4. The van der Waals surface area contributed by atoms with Gasteiger partial charge in [0.2, 0.25) is 0 Å². The number of carbonyl (C=O) groups excluding carboxylic acids is 1. The molecule has 0 aromatic heterocycles. The minimum Gasteiger partial charge on any atom is -0.508 e. The Morgan fingerprint density at radius 1 is 1.29 bits per heavy atom. The molecule has 94 valence electrons. The van der Waals surface area contributed by atoms with Gasteiger partial charge in [0.05, 0.1) is 6.61 Å². The fraction of sp³-hybridized carbons (Fsp3) is 0.417. The van der Waals surface area contributed by atoms with Crippen molar-refractivity contribution < 1.29 is 19.7 Å². The van der Waals surface area contributed by atoms with E-state index in [4.69, 9.17) is 4.74 Å². The van der Waals surface area contributed by atoms with Crippen LogP contribution in [0.25, 0.3) is 0 Å². The van der Waals surface area contributed by atoms with Gasteiger partial charge < -0.3 is 14.9 Å². The van der Waals surface area contributed by atoms with Crippen molar-refractivity contribution in [3.8, 4) is 11.5 Å². The number of benzene rings is 1. The SMILES string of the molecule is C[Si](C)(C)CCOC(=O)c1cc(O)ccc1O. The summed E-state index contributed by atoms with van der Waals surface area (Å²) in [5.41, 5.74) is 0.000533. The highest BCUT2D eigenvalue weighted by molar-refractivity contribution is 6.76. The van der Waals surface area contributed by atoms with Crippen LogP contribution in [0, 0.1) is 0 Å². The third-order valence-corrected chi connectivity index (χ3v) is 3.99. The average Bonchev–Trinajstić information content (AvgIpc) is 2.19. The van der Waals surface area contributed by atoms with Gasteiger partial charge in [-0.05, 0) is 24.2 Å². The van der Waals surface area contributed by atoms with Gasteiger partial charge in [0, 0.05) is 8.07 Å². The highest BCUT2D eigenvalue weighted by Gasteiger charge is 2.16. The van der Waals surface area contributed by atoms with Crippen LogP contribution in [0.1, 0.15) is 10.4 Å². The molecule has 0 heterocycles. The molecule has 0 radical (unpaired) electrons. The third-order valence-electron chi connectivity index (χ3n) is 2.29. The van der Waals surface area contributed by atoms with E-state index < -0.39 is 14.0 Å². The van der Waals surface area contributed by atoms with Gasteiger partial charge in [-0.2, -0.15) is 0 Å². The first kappa shape index (κ1) is 13.6. The van der Waals surface area contributed by atoms with Gasteiger partial charge in [-0.25, -0.2) is 4.79 Å². The van der Waals surface area contributed by atoms with Crippen molar-refractivity contribution in [2.24, 2.45) is 0 Å². The molecule has 0 aliphatic rings. The van der Waals surface area contributed by atoms with Crippen LogP contribution in [0.4, 0.5) is 0 Å². The molecular formula is C12H18O4Si. The molecule has 0 aliphatic heterocycles. The topological polar surface area (TPSA) is 66.8 Å². The van der Waals surface area contributed by atoms with E-state index in [1.807, 2.05) is 0 Å². The Morgan fingerprint density at radius 2 is 1.94 bits per heavy atom. The van der Waals surface area contributed by atoms with Crippen molar-refractivity contribution in [1.82, 2.24) is 0 Å². The van der Waals surface area contributed by atoms with E-state index in [9.17, 15) is 15.0 Å².